The third kappa shape index (κ3) is 4.56. The van der Waals surface area contributed by atoms with E-state index in [0.29, 0.717) is 5.02 Å². The Balaban J connectivity index is 1.79. The largest absolute Gasteiger partial charge is 0.452 e. The summed E-state index contributed by atoms with van der Waals surface area (Å²) in [4.78, 5) is 23.2. The molecule has 0 saturated heterocycles. The summed E-state index contributed by atoms with van der Waals surface area (Å²) in [5, 5.41) is 3.19. The van der Waals surface area contributed by atoms with Crippen LogP contribution in [0.25, 0.3) is 0 Å². The molecule has 0 bridgehead atoms. The zero-order valence-corrected chi connectivity index (χ0v) is 12.3. The Morgan fingerprint density at radius 1 is 1.09 bits per heavy atom. The van der Waals surface area contributed by atoms with Gasteiger partial charge in [-0.2, -0.15) is 0 Å². The van der Waals surface area contributed by atoms with E-state index in [1.54, 1.807) is 24.3 Å². The minimum absolute atomic E-state index is 0.201. The molecule has 0 aliphatic heterocycles. The SMILES string of the molecule is O=C(COC(=O)c1ccccc1F)NCc1ccc(Cl)cc1. The van der Waals surface area contributed by atoms with Crippen molar-refractivity contribution >= 4 is 23.5 Å². The van der Waals surface area contributed by atoms with E-state index < -0.39 is 24.3 Å². The maximum absolute atomic E-state index is 13.4. The van der Waals surface area contributed by atoms with Crippen LogP contribution in [0.5, 0.6) is 0 Å². The van der Waals surface area contributed by atoms with Gasteiger partial charge in [0.05, 0.1) is 5.56 Å². The molecule has 2 aromatic rings. The number of hydrogen-bond donors (Lipinski definition) is 1. The molecule has 0 heterocycles. The standard InChI is InChI=1S/C16H13ClFNO3/c17-12-7-5-11(6-8-12)9-19-15(20)10-22-16(21)13-3-1-2-4-14(13)18/h1-8H,9-10H2,(H,19,20). The number of carbonyl (C=O) groups excluding carboxylic acids is 2. The first-order valence-corrected chi connectivity index (χ1v) is 6.87. The normalized spacial score (nSPS) is 10.1. The van der Waals surface area contributed by atoms with Crippen LogP contribution in [0.15, 0.2) is 48.5 Å². The predicted octanol–water partition coefficient (Wildman–Crippen LogP) is 2.95. The summed E-state index contributed by atoms with van der Waals surface area (Å²) in [6, 6.07) is 12.4. The molecule has 0 saturated carbocycles. The van der Waals surface area contributed by atoms with Gasteiger partial charge in [0.25, 0.3) is 5.91 Å². The van der Waals surface area contributed by atoms with Crippen molar-refractivity contribution < 1.29 is 18.7 Å². The lowest BCUT2D eigenvalue weighted by Crippen LogP contribution is -2.28. The number of carbonyl (C=O) groups is 2. The molecule has 22 heavy (non-hydrogen) atoms. The number of halogens is 2. The quantitative estimate of drug-likeness (QED) is 0.861. The van der Waals surface area contributed by atoms with Crippen LogP contribution in [0.4, 0.5) is 4.39 Å². The summed E-state index contributed by atoms with van der Waals surface area (Å²) in [6.45, 7) is -0.186. The van der Waals surface area contributed by atoms with E-state index in [0.717, 1.165) is 11.6 Å². The molecule has 1 N–H and O–H groups in total. The van der Waals surface area contributed by atoms with Crippen molar-refractivity contribution in [3.63, 3.8) is 0 Å². The van der Waals surface area contributed by atoms with Gasteiger partial charge in [0.2, 0.25) is 0 Å². The molecule has 0 spiro atoms. The summed E-state index contributed by atoms with van der Waals surface area (Å²) in [5.41, 5.74) is 0.659. The van der Waals surface area contributed by atoms with Crippen molar-refractivity contribution in [1.82, 2.24) is 5.32 Å². The number of amides is 1. The van der Waals surface area contributed by atoms with E-state index in [2.05, 4.69) is 5.32 Å². The minimum atomic E-state index is -0.875. The Kier molecular flexibility index (Phi) is 5.49. The second-order valence-corrected chi connectivity index (χ2v) is 4.90. The molecule has 0 aliphatic carbocycles. The second-order valence-electron chi connectivity index (χ2n) is 4.46. The van der Waals surface area contributed by atoms with Gasteiger partial charge in [0, 0.05) is 11.6 Å². The van der Waals surface area contributed by atoms with Crippen LogP contribution in [0.2, 0.25) is 5.02 Å². The summed E-state index contributed by atoms with van der Waals surface area (Å²) in [6.07, 6.45) is 0. The molecule has 0 unspecified atom stereocenters. The Morgan fingerprint density at radius 2 is 1.77 bits per heavy atom. The number of ether oxygens (including phenoxy) is 1. The Bertz CT molecular complexity index is 673. The highest BCUT2D eigenvalue weighted by atomic mass is 35.5. The van der Waals surface area contributed by atoms with E-state index in [9.17, 15) is 14.0 Å². The van der Waals surface area contributed by atoms with Crippen molar-refractivity contribution in [1.29, 1.82) is 0 Å². The molecular weight excluding hydrogens is 309 g/mol. The molecule has 0 fully saturated rings. The summed E-state index contributed by atoms with van der Waals surface area (Å²) in [7, 11) is 0. The van der Waals surface area contributed by atoms with Crippen LogP contribution >= 0.6 is 11.6 Å². The molecule has 0 radical (unpaired) electrons. The summed E-state index contributed by atoms with van der Waals surface area (Å²) in [5.74, 6) is -2.03. The lowest BCUT2D eigenvalue weighted by Gasteiger charge is -2.07. The molecule has 0 atom stereocenters. The van der Waals surface area contributed by atoms with Gasteiger partial charge in [-0.25, -0.2) is 9.18 Å². The number of esters is 1. The second kappa shape index (κ2) is 7.56. The van der Waals surface area contributed by atoms with E-state index in [1.165, 1.54) is 18.2 Å². The van der Waals surface area contributed by atoms with Crippen LogP contribution in [-0.2, 0) is 16.1 Å². The molecule has 114 valence electrons. The van der Waals surface area contributed by atoms with Gasteiger partial charge < -0.3 is 10.1 Å². The predicted molar refractivity (Wildman–Crippen MR) is 80.0 cm³/mol. The zero-order chi connectivity index (χ0) is 15.9. The Hall–Kier alpha value is -2.40. The molecule has 2 aromatic carbocycles. The van der Waals surface area contributed by atoms with Crippen molar-refractivity contribution in [2.45, 2.75) is 6.54 Å². The molecular formula is C16H13ClFNO3. The van der Waals surface area contributed by atoms with Gasteiger partial charge in [0.15, 0.2) is 6.61 Å². The van der Waals surface area contributed by atoms with Crippen molar-refractivity contribution in [3.8, 4) is 0 Å². The van der Waals surface area contributed by atoms with E-state index >= 15 is 0 Å². The number of rotatable bonds is 5. The highest BCUT2D eigenvalue weighted by molar-refractivity contribution is 6.30. The van der Waals surface area contributed by atoms with Crippen LogP contribution in [0.3, 0.4) is 0 Å². The van der Waals surface area contributed by atoms with E-state index in [4.69, 9.17) is 16.3 Å². The van der Waals surface area contributed by atoms with Gasteiger partial charge in [-0.3, -0.25) is 4.79 Å². The third-order valence-electron chi connectivity index (χ3n) is 2.83. The van der Waals surface area contributed by atoms with E-state index in [1.807, 2.05) is 0 Å². The van der Waals surface area contributed by atoms with Crippen LogP contribution < -0.4 is 5.32 Å². The first-order valence-electron chi connectivity index (χ1n) is 6.49. The number of hydrogen-bond acceptors (Lipinski definition) is 3. The van der Waals surface area contributed by atoms with Crippen LogP contribution in [0.1, 0.15) is 15.9 Å². The topological polar surface area (TPSA) is 55.4 Å². The Labute approximate surface area is 131 Å². The number of nitrogens with one attached hydrogen (secondary N) is 1. The lowest BCUT2D eigenvalue weighted by atomic mass is 10.2. The molecule has 0 aromatic heterocycles. The first kappa shape index (κ1) is 16.0. The fraction of sp³-hybridized carbons (Fsp3) is 0.125. The maximum atomic E-state index is 13.4. The summed E-state index contributed by atoms with van der Waals surface area (Å²) >= 11 is 5.75. The van der Waals surface area contributed by atoms with Crippen molar-refractivity contribution in [2.24, 2.45) is 0 Å². The molecule has 0 aliphatic rings. The van der Waals surface area contributed by atoms with Crippen molar-refractivity contribution in [2.75, 3.05) is 6.61 Å². The average Bonchev–Trinajstić information content (AvgIpc) is 2.52. The fourth-order valence-electron chi connectivity index (χ4n) is 1.69. The van der Waals surface area contributed by atoms with Crippen LogP contribution in [-0.4, -0.2) is 18.5 Å². The van der Waals surface area contributed by atoms with Gasteiger partial charge in [-0.1, -0.05) is 35.9 Å². The highest BCUT2D eigenvalue weighted by Gasteiger charge is 2.13. The van der Waals surface area contributed by atoms with Crippen LogP contribution in [0, 0.1) is 5.82 Å². The van der Waals surface area contributed by atoms with Gasteiger partial charge >= 0.3 is 5.97 Å². The zero-order valence-electron chi connectivity index (χ0n) is 11.5. The first-order chi connectivity index (χ1) is 10.6. The minimum Gasteiger partial charge on any atom is -0.452 e. The average molecular weight is 322 g/mol. The highest BCUT2D eigenvalue weighted by Crippen LogP contribution is 2.09. The van der Waals surface area contributed by atoms with Gasteiger partial charge in [-0.15, -0.1) is 0 Å². The number of benzene rings is 2. The smallest absolute Gasteiger partial charge is 0.341 e. The fourth-order valence-corrected chi connectivity index (χ4v) is 1.82. The molecule has 6 heteroatoms. The van der Waals surface area contributed by atoms with Crippen molar-refractivity contribution in [3.05, 3.63) is 70.5 Å². The maximum Gasteiger partial charge on any atom is 0.341 e. The monoisotopic (exact) mass is 321 g/mol. The molecule has 2 rings (SSSR count). The van der Waals surface area contributed by atoms with Gasteiger partial charge in [-0.05, 0) is 29.8 Å². The Morgan fingerprint density at radius 3 is 2.45 bits per heavy atom. The van der Waals surface area contributed by atoms with E-state index in [-0.39, 0.29) is 12.1 Å². The lowest BCUT2D eigenvalue weighted by molar-refractivity contribution is -0.124. The molecule has 1 amide bonds. The summed E-state index contributed by atoms with van der Waals surface area (Å²) < 4.78 is 18.1. The third-order valence-corrected chi connectivity index (χ3v) is 3.08. The molecule has 4 nitrogen and oxygen atoms in total. The van der Waals surface area contributed by atoms with Gasteiger partial charge in [0.1, 0.15) is 5.82 Å².